The Hall–Kier alpha value is -2.09. The van der Waals surface area contributed by atoms with E-state index in [2.05, 4.69) is 5.32 Å². The predicted octanol–water partition coefficient (Wildman–Crippen LogP) is 3.12. The Kier molecular flexibility index (Phi) is 6.41. The van der Waals surface area contributed by atoms with Gasteiger partial charge in [-0.1, -0.05) is 6.92 Å². The first kappa shape index (κ1) is 19.2. The number of anilines is 1. The summed E-state index contributed by atoms with van der Waals surface area (Å²) >= 11 is 1.34. The van der Waals surface area contributed by atoms with E-state index in [0.717, 1.165) is 10.4 Å². The highest BCUT2D eigenvalue weighted by Crippen LogP contribution is 2.34. The summed E-state index contributed by atoms with van der Waals surface area (Å²) in [5.74, 6) is -1.87. The lowest BCUT2D eigenvalue weighted by atomic mass is 9.99. The third kappa shape index (κ3) is 4.31. The smallest absolute Gasteiger partial charge is 0.341 e. The number of nitrogens with one attached hydrogen (secondary N) is 1. The standard InChI is InChI=1S/C17H24N2O5S/c1-4-12-10(3)25-14(13(12)16(22)24-5-2)18-17(23)19-8-6-7-11(9-19)15(20)21/h11H,4-9H2,1-3H3,(H,18,23)(H,20,21). The Balaban J connectivity index is 2.20. The van der Waals surface area contributed by atoms with Crippen LogP contribution in [-0.4, -0.2) is 47.7 Å². The van der Waals surface area contributed by atoms with Gasteiger partial charge in [0.25, 0.3) is 0 Å². The van der Waals surface area contributed by atoms with Crippen molar-refractivity contribution in [2.45, 2.75) is 40.0 Å². The van der Waals surface area contributed by atoms with Crippen molar-refractivity contribution in [3.8, 4) is 0 Å². The molecule has 25 heavy (non-hydrogen) atoms. The first-order valence-electron chi connectivity index (χ1n) is 8.47. The molecule has 0 aliphatic carbocycles. The number of hydrogen-bond acceptors (Lipinski definition) is 5. The molecule has 8 heteroatoms. The van der Waals surface area contributed by atoms with Crippen molar-refractivity contribution < 1.29 is 24.2 Å². The Bertz CT molecular complexity index is 670. The van der Waals surface area contributed by atoms with Crippen LogP contribution in [0.1, 0.15) is 47.5 Å². The maximum absolute atomic E-state index is 12.6. The Morgan fingerprint density at radius 3 is 2.68 bits per heavy atom. The molecule has 2 amide bonds. The van der Waals surface area contributed by atoms with Crippen LogP contribution in [-0.2, 0) is 16.0 Å². The highest BCUT2D eigenvalue weighted by molar-refractivity contribution is 7.16. The van der Waals surface area contributed by atoms with Crippen molar-refractivity contribution in [3.63, 3.8) is 0 Å². The van der Waals surface area contributed by atoms with Gasteiger partial charge in [-0.15, -0.1) is 11.3 Å². The molecule has 0 bridgehead atoms. The SMILES string of the molecule is CCOC(=O)c1c(NC(=O)N2CCCC(C(=O)O)C2)sc(C)c1CC. The molecular weight excluding hydrogens is 344 g/mol. The van der Waals surface area contributed by atoms with Gasteiger partial charge in [0, 0.05) is 18.0 Å². The van der Waals surface area contributed by atoms with Crippen molar-refractivity contribution in [3.05, 3.63) is 16.0 Å². The molecule has 1 aliphatic heterocycles. The topological polar surface area (TPSA) is 95.9 Å². The van der Waals surface area contributed by atoms with Gasteiger partial charge in [0.1, 0.15) is 5.00 Å². The zero-order chi connectivity index (χ0) is 18.6. The molecular formula is C17H24N2O5S. The number of thiophene rings is 1. The van der Waals surface area contributed by atoms with Crippen LogP contribution in [0.2, 0.25) is 0 Å². The third-order valence-corrected chi connectivity index (χ3v) is 5.38. The molecule has 1 aromatic rings. The summed E-state index contributed by atoms with van der Waals surface area (Å²) in [4.78, 5) is 38.5. The van der Waals surface area contributed by atoms with Gasteiger partial charge in [-0.25, -0.2) is 9.59 Å². The molecule has 1 fully saturated rings. The van der Waals surface area contributed by atoms with E-state index in [1.54, 1.807) is 6.92 Å². The number of esters is 1. The van der Waals surface area contributed by atoms with Crippen LogP contribution >= 0.6 is 11.3 Å². The van der Waals surface area contributed by atoms with Gasteiger partial charge in [-0.3, -0.25) is 10.1 Å². The van der Waals surface area contributed by atoms with Crippen LogP contribution < -0.4 is 5.32 Å². The predicted molar refractivity (Wildman–Crippen MR) is 95.3 cm³/mol. The number of carbonyl (C=O) groups excluding carboxylic acids is 2. The summed E-state index contributed by atoms with van der Waals surface area (Å²) in [6.45, 7) is 6.54. The minimum atomic E-state index is -0.884. The molecule has 138 valence electrons. The van der Waals surface area contributed by atoms with Crippen molar-refractivity contribution in [2.24, 2.45) is 5.92 Å². The molecule has 1 atom stereocenters. The van der Waals surface area contributed by atoms with Crippen LogP contribution in [0.15, 0.2) is 0 Å². The third-order valence-electron chi connectivity index (χ3n) is 4.32. The number of hydrogen-bond donors (Lipinski definition) is 2. The van der Waals surface area contributed by atoms with Gasteiger partial charge in [0.05, 0.1) is 18.1 Å². The number of rotatable bonds is 5. The number of aryl methyl sites for hydroxylation is 1. The first-order valence-corrected chi connectivity index (χ1v) is 9.28. The molecule has 1 unspecified atom stereocenters. The van der Waals surface area contributed by atoms with Gasteiger partial charge in [0.15, 0.2) is 0 Å². The molecule has 2 heterocycles. The van der Waals surface area contributed by atoms with Gasteiger partial charge in [0.2, 0.25) is 0 Å². The maximum atomic E-state index is 12.6. The quantitative estimate of drug-likeness (QED) is 0.779. The van der Waals surface area contributed by atoms with Crippen LogP contribution in [0.3, 0.4) is 0 Å². The van der Waals surface area contributed by atoms with Crippen LogP contribution in [0, 0.1) is 12.8 Å². The summed E-state index contributed by atoms with van der Waals surface area (Å²) in [6.07, 6.45) is 1.89. The number of urea groups is 1. The summed E-state index contributed by atoms with van der Waals surface area (Å²) in [5.41, 5.74) is 1.29. The molecule has 0 saturated carbocycles. The van der Waals surface area contributed by atoms with Gasteiger partial charge >= 0.3 is 18.0 Å². The maximum Gasteiger partial charge on any atom is 0.341 e. The van der Waals surface area contributed by atoms with Crippen molar-refractivity contribution >= 4 is 34.3 Å². The number of piperidine rings is 1. The lowest BCUT2D eigenvalue weighted by Gasteiger charge is -2.30. The Morgan fingerprint density at radius 1 is 1.36 bits per heavy atom. The lowest BCUT2D eigenvalue weighted by molar-refractivity contribution is -0.143. The normalized spacial score (nSPS) is 17.2. The zero-order valence-electron chi connectivity index (χ0n) is 14.8. The number of likely N-dealkylation sites (tertiary alicyclic amines) is 1. The number of aliphatic carboxylic acids is 1. The highest BCUT2D eigenvalue weighted by Gasteiger charge is 2.30. The Morgan fingerprint density at radius 2 is 2.08 bits per heavy atom. The van der Waals surface area contributed by atoms with E-state index >= 15 is 0 Å². The zero-order valence-corrected chi connectivity index (χ0v) is 15.6. The fourth-order valence-corrected chi connectivity index (χ4v) is 4.17. The van der Waals surface area contributed by atoms with Crippen molar-refractivity contribution in [2.75, 3.05) is 25.0 Å². The highest BCUT2D eigenvalue weighted by atomic mass is 32.1. The molecule has 1 aromatic heterocycles. The number of carbonyl (C=O) groups is 3. The van der Waals surface area contributed by atoms with Crippen molar-refractivity contribution in [1.82, 2.24) is 4.90 Å². The first-order chi connectivity index (χ1) is 11.9. The minimum absolute atomic E-state index is 0.181. The number of amides is 2. The largest absolute Gasteiger partial charge is 0.481 e. The molecule has 1 saturated heterocycles. The van der Waals surface area contributed by atoms with Gasteiger partial charge in [-0.05, 0) is 38.7 Å². The molecule has 7 nitrogen and oxygen atoms in total. The average Bonchev–Trinajstić information content (AvgIpc) is 2.90. The summed E-state index contributed by atoms with van der Waals surface area (Å²) in [5, 5.41) is 12.4. The van der Waals surface area contributed by atoms with Crippen molar-refractivity contribution in [1.29, 1.82) is 0 Å². The Labute approximate surface area is 151 Å². The second kappa shape index (κ2) is 8.33. The van der Waals surface area contributed by atoms with Crippen LogP contribution in [0.4, 0.5) is 9.80 Å². The van der Waals surface area contributed by atoms with Crippen LogP contribution in [0.5, 0.6) is 0 Å². The molecule has 0 radical (unpaired) electrons. The monoisotopic (exact) mass is 368 g/mol. The van der Waals surface area contributed by atoms with E-state index in [1.807, 2.05) is 13.8 Å². The molecule has 1 aliphatic rings. The fourth-order valence-electron chi connectivity index (χ4n) is 3.05. The van der Waals surface area contributed by atoms with E-state index < -0.39 is 17.9 Å². The number of carboxylic acid groups (broad SMARTS) is 1. The van der Waals surface area contributed by atoms with Gasteiger partial charge in [-0.2, -0.15) is 0 Å². The number of nitrogens with zero attached hydrogens (tertiary/aromatic N) is 1. The average molecular weight is 368 g/mol. The van der Waals surface area contributed by atoms with E-state index in [-0.39, 0.29) is 19.2 Å². The van der Waals surface area contributed by atoms with E-state index in [9.17, 15) is 14.4 Å². The number of carboxylic acids is 1. The van der Waals surface area contributed by atoms with Gasteiger partial charge < -0.3 is 14.7 Å². The summed E-state index contributed by atoms with van der Waals surface area (Å²) < 4.78 is 5.13. The second-order valence-corrected chi connectivity index (χ2v) is 7.19. The molecule has 0 spiro atoms. The molecule has 2 rings (SSSR count). The van der Waals surface area contributed by atoms with E-state index in [1.165, 1.54) is 16.2 Å². The summed E-state index contributed by atoms with van der Waals surface area (Å²) in [6, 6.07) is -0.375. The van der Waals surface area contributed by atoms with E-state index in [4.69, 9.17) is 9.84 Å². The molecule has 2 N–H and O–H groups in total. The molecule has 0 aromatic carbocycles. The second-order valence-electron chi connectivity index (χ2n) is 5.97. The summed E-state index contributed by atoms with van der Waals surface area (Å²) in [7, 11) is 0. The number of ether oxygens (including phenoxy) is 1. The lowest BCUT2D eigenvalue weighted by Crippen LogP contribution is -2.44. The fraction of sp³-hybridized carbons (Fsp3) is 0.588. The minimum Gasteiger partial charge on any atom is -0.481 e. The van der Waals surface area contributed by atoms with E-state index in [0.29, 0.717) is 36.4 Å². The van der Waals surface area contributed by atoms with Crippen LogP contribution in [0.25, 0.3) is 0 Å².